The molecule has 16 nitrogen and oxygen atoms in total. The number of hydrogen-bond acceptors (Lipinski definition) is 13. The third-order valence-electron chi connectivity index (χ3n) is 15.0. The van der Waals surface area contributed by atoms with Crippen LogP contribution >= 0.6 is 0 Å². The number of nitrogens with one attached hydrogen (secondary N) is 2. The minimum atomic E-state index is -0.961. The van der Waals surface area contributed by atoms with Gasteiger partial charge < -0.3 is 44.5 Å². The van der Waals surface area contributed by atoms with Gasteiger partial charge >= 0.3 is 5.97 Å². The minimum Gasteiger partial charge on any atom is -0.487 e. The number of aldehydes is 1. The van der Waals surface area contributed by atoms with E-state index in [9.17, 15) is 24.3 Å². The van der Waals surface area contributed by atoms with E-state index < -0.39 is 5.97 Å². The molecule has 16 heteroatoms. The second kappa shape index (κ2) is 45.8. The highest BCUT2D eigenvalue weighted by Crippen LogP contribution is 2.34. The molecule has 0 radical (unpaired) electrons. The first-order valence-corrected chi connectivity index (χ1v) is 34.2. The maximum atomic E-state index is 12.4. The molecule has 4 saturated heterocycles. The second-order valence-corrected chi connectivity index (χ2v) is 23.0. The topological polar surface area (TPSA) is 166 Å². The van der Waals surface area contributed by atoms with Gasteiger partial charge in [-0.2, -0.15) is 0 Å². The molecule has 4 heterocycles. The first-order chi connectivity index (χ1) is 52.0. The molecular formula is C83H121N7O9. The molecule has 12 rings (SSSR count). The van der Waals surface area contributed by atoms with Gasteiger partial charge in [0.05, 0.1) is 16.7 Å². The molecular weight excluding hydrogens is 1240 g/mol. The lowest BCUT2D eigenvalue weighted by molar-refractivity contribution is 0.0369. The predicted molar refractivity (Wildman–Crippen MR) is 422 cm³/mol. The molecule has 2 amide bonds. The van der Waals surface area contributed by atoms with E-state index in [0.717, 1.165) is 103 Å². The lowest BCUT2D eigenvalue weighted by atomic mass is 10.0. The zero-order valence-electron chi connectivity index (χ0n) is 69.6. The number of nitrogens with zero attached hydrogens (tertiary/aromatic N) is 5. The van der Waals surface area contributed by atoms with Crippen molar-refractivity contribution in [2.24, 2.45) is 0 Å². The second-order valence-electron chi connectivity index (χ2n) is 23.0. The standard InChI is InChI=1S/C19H22N2O2.C18H20N2O2.C17H17NO3.C17H17NO2.C2H7N.4C2H6.C2H2.6H2/c1-20(2)19(22)17-10-9-15(14-7-5-4-6-8-14)11-18(17)23-16-12-21(3)13-16;1-20(2)18(21)16-9-8-14(13-6-4-3-5-7-13)10-17(16)22-15-11-19-12-15;1-18-10-14(11-18)21-16-9-13(7-8-15(16)17(19)20)12-5-3-2-4-6-12;1-18-10-16(11-18)20-17-9-14(7-8-15(17)12-19)13-5-3-2-4-6-13;1-3-2;5*1-2;;;;;;/h4-11,16H,12-13H2,1-3H3;3-10,15,19H,11-12H2,1-2H3;2-9,14H,10-11H2,1H3,(H,19,20);2-9,12,16H,10-11H2,1H3;3H,1-2H3;4*1-2H3;1-2H;6*1H/i;;;;;;;;;;4*1+1D;2*1+1. The van der Waals surface area contributed by atoms with Crippen LogP contribution < -0.4 is 29.6 Å². The molecule has 0 aromatic heterocycles. The number of rotatable bonds is 16. The van der Waals surface area contributed by atoms with Gasteiger partial charge in [-0.15, -0.1) is 12.8 Å². The zero-order chi connectivity index (χ0) is 81.4. The molecule has 99 heavy (non-hydrogen) atoms. The van der Waals surface area contributed by atoms with Crippen LogP contribution in [0, 0.1) is 12.8 Å². The van der Waals surface area contributed by atoms with Gasteiger partial charge in [0.25, 0.3) is 11.8 Å². The van der Waals surface area contributed by atoms with Gasteiger partial charge in [-0.3, -0.25) is 29.1 Å². The molecule has 0 aliphatic carbocycles. The SMILES string of the molecule is C#C.CC.CC.CC.CC.CN(C)C(=O)c1ccc(-c2ccccc2)cc1OC1CNC1.CN1CC(Oc2cc(-c3ccccc3)ccc2C(=O)N(C)C)C1.CN1CC(Oc2cc(-c3ccccc3)ccc2C(=O)O)C1.CN1CC(Oc2cc(-c3ccccc3)ccc2C=O)C1.CNC.[2HH].[2HH].[2H][2H].[2H][2H].[2H][2H].[2H][2H]. The average molecular weight is 1370 g/mol. The van der Waals surface area contributed by atoms with Crippen molar-refractivity contribution in [2.75, 3.05) is 116 Å². The van der Waals surface area contributed by atoms with Gasteiger partial charge in [0.1, 0.15) is 53.0 Å². The Balaban J connectivity index is -0.000000618. The van der Waals surface area contributed by atoms with Gasteiger partial charge in [-0.05, 0) is 128 Å². The van der Waals surface area contributed by atoms with Crippen molar-refractivity contribution in [3.8, 4) is 80.4 Å². The molecule has 0 unspecified atom stereocenters. The van der Waals surface area contributed by atoms with E-state index in [0.29, 0.717) is 39.7 Å². The largest absolute Gasteiger partial charge is 0.487 e. The van der Waals surface area contributed by atoms with Gasteiger partial charge in [-0.25, -0.2) is 4.79 Å². The maximum absolute atomic E-state index is 12.4. The van der Waals surface area contributed by atoms with E-state index in [-0.39, 0.29) is 44.6 Å². The van der Waals surface area contributed by atoms with Gasteiger partial charge in [0.2, 0.25) is 0 Å². The number of carbonyl (C=O) groups excluding carboxylic acids is 3. The highest BCUT2D eigenvalue weighted by atomic mass is 16.5. The smallest absolute Gasteiger partial charge is 0.339 e. The van der Waals surface area contributed by atoms with Crippen molar-refractivity contribution < 1.29 is 58.0 Å². The number of carboxylic acids is 1. The molecule has 8 aromatic carbocycles. The third-order valence-corrected chi connectivity index (χ3v) is 15.0. The fourth-order valence-electron chi connectivity index (χ4n) is 10.1. The first-order valence-electron chi connectivity index (χ1n) is 38.2. The van der Waals surface area contributed by atoms with E-state index in [4.69, 9.17) is 30.8 Å². The minimum absolute atomic E-state index is 0. The maximum Gasteiger partial charge on any atom is 0.339 e. The molecule has 4 aliphatic rings. The quantitative estimate of drug-likeness (QED) is 0.0618. The van der Waals surface area contributed by atoms with Crippen molar-refractivity contribution in [1.29, 1.82) is 0 Å². The fourth-order valence-corrected chi connectivity index (χ4v) is 10.1. The van der Waals surface area contributed by atoms with E-state index in [1.807, 2.05) is 228 Å². The monoisotopic (exact) mass is 1370 g/mol. The van der Waals surface area contributed by atoms with Crippen LogP contribution in [0.4, 0.5) is 0 Å². The predicted octanol–water partition coefficient (Wildman–Crippen LogP) is 16.4. The number of terminal acetylenes is 1. The van der Waals surface area contributed by atoms with Gasteiger partial charge in [0.15, 0.2) is 6.29 Å². The Morgan fingerprint density at radius 3 is 0.939 bits per heavy atom. The summed E-state index contributed by atoms with van der Waals surface area (Å²) in [7, 11) is 16.9. The summed E-state index contributed by atoms with van der Waals surface area (Å²) < 4.78 is 63.9. The number of carboxylic acid groups (broad SMARTS) is 1. The Labute approximate surface area is 607 Å². The van der Waals surface area contributed by atoms with Gasteiger partial charge in [0, 0.05) is 95.3 Å². The molecule has 4 aliphatic heterocycles. The number of aromatic carboxylic acids is 1. The summed E-state index contributed by atoms with van der Waals surface area (Å²) in [5.74, 6) is 1.42. The Morgan fingerprint density at radius 1 is 0.434 bits per heavy atom. The van der Waals surface area contributed by atoms with Crippen LogP contribution in [0.3, 0.4) is 0 Å². The van der Waals surface area contributed by atoms with Crippen LogP contribution in [0.15, 0.2) is 194 Å². The van der Waals surface area contributed by atoms with Crippen LogP contribution in [0.25, 0.3) is 44.5 Å². The highest BCUT2D eigenvalue weighted by Gasteiger charge is 2.30. The summed E-state index contributed by atoms with van der Waals surface area (Å²) in [6.07, 6.45) is 9.40. The molecule has 0 atom stereocenters. The van der Waals surface area contributed by atoms with Crippen LogP contribution in [0.2, 0.25) is 0 Å². The van der Waals surface area contributed by atoms with Crippen LogP contribution in [-0.4, -0.2) is 194 Å². The molecule has 8 aromatic rings. The number of ether oxygens (including phenoxy) is 4. The van der Waals surface area contributed by atoms with Crippen molar-refractivity contribution >= 4 is 24.1 Å². The van der Waals surface area contributed by atoms with Crippen molar-refractivity contribution in [1.82, 2.24) is 35.1 Å². The van der Waals surface area contributed by atoms with Gasteiger partial charge in [-0.1, -0.05) is 201 Å². The Kier molecular flexibility index (Phi) is 35.5. The van der Waals surface area contributed by atoms with Crippen LogP contribution in [-0.2, 0) is 0 Å². The molecule has 0 saturated carbocycles. The van der Waals surface area contributed by atoms with Crippen LogP contribution in [0.1, 0.15) is 112 Å². The average Bonchev–Trinajstić information content (AvgIpc) is 0.818. The van der Waals surface area contributed by atoms with Crippen molar-refractivity contribution in [3.63, 3.8) is 0 Å². The lowest BCUT2D eigenvalue weighted by Gasteiger charge is -2.36. The van der Waals surface area contributed by atoms with Crippen molar-refractivity contribution in [3.05, 3.63) is 216 Å². The summed E-state index contributed by atoms with van der Waals surface area (Å²) in [5.41, 5.74) is 10.6. The Morgan fingerprint density at radius 2 is 0.687 bits per heavy atom. The zero-order valence-corrected chi connectivity index (χ0v) is 61.6. The normalized spacial score (nSPS) is 13.9. The number of likely N-dealkylation sites (tertiary alicyclic amines) is 3. The lowest BCUT2D eigenvalue weighted by Crippen LogP contribution is -2.51. The third kappa shape index (κ3) is 26.3. The first kappa shape index (κ1) is 76.8. The van der Waals surface area contributed by atoms with E-state index >= 15 is 0 Å². The Hall–Kier alpha value is -9.60. The number of benzene rings is 8. The van der Waals surface area contributed by atoms with Crippen molar-refractivity contribution in [2.45, 2.75) is 79.8 Å². The number of amides is 2. The number of likely N-dealkylation sites (N-methyl/N-ethyl adjacent to an activating group) is 3. The Bertz CT molecular complexity index is 3670. The van der Waals surface area contributed by atoms with Crippen LogP contribution in [0.5, 0.6) is 23.0 Å². The molecule has 4 fully saturated rings. The van der Waals surface area contributed by atoms with E-state index in [2.05, 4.69) is 88.7 Å². The fraction of sp³-hybridized carbons (Fsp3) is 0.349. The number of carbonyl (C=O) groups is 4. The van der Waals surface area contributed by atoms with E-state index in [1.54, 1.807) is 44.1 Å². The molecule has 0 bridgehead atoms. The highest BCUT2D eigenvalue weighted by molar-refractivity contribution is 5.98. The number of hydrogen-bond donors (Lipinski definition) is 3. The molecule has 3 N–H and O–H groups in total. The summed E-state index contributed by atoms with van der Waals surface area (Å²) in [5, 5.41) is 15.2. The summed E-state index contributed by atoms with van der Waals surface area (Å²) in [6.45, 7) is 22.9. The molecule has 0 spiro atoms. The summed E-state index contributed by atoms with van der Waals surface area (Å²) in [6, 6.07) is 62.8. The summed E-state index contributed by atoms with van der Waals surface area (Å²) >= 11 is 0. The molecule has 542 valence electrons. The summed E-state index contributed by atoms with van der Waals surface area (Å²) in [4.78, 5) is 56.9. The van der Waals surface area contributed by atoms with E-state index in [1.165, 1.54) is 0 Å².